The summed E-state index contributed by atoms with van der Waals surface area (Å²) in [5.74, 6) is 2.00. The first-order valence-corrected chi connectivity index (χ1v) is 7.25. The number of aliphatic hydroxyl groups is 1. The summed E-state index contributed by atoms with van der Waals surface area (Å²) in [4.78, 5) is 2.43. The summed E-state index contributed by atoms with van der Waals surface area (Å²) < 4.78 is 10.6. The molecule has 0 radical (unpaired) electrons. The highest BCUT2D eigenvalue weighted by atomic mass is 16.5. The van der Waals surface area contributed by atoms with Crippen LogP contribution in [0.1, 0.15) is 25.3 Å². The minimum absolute atomic E-state index is 0.182. The van der Waals surface area contributed by atoms with E-state index in [2.05, 4.69) is 11.0 Å². The van der Waals surface area contributed by atoms with Crippen molar-refractivity contribution < 1.29 is 14.6 Å². The topological polar surface area (TPSA) is 41.9 Å². The lowest BCUT2D eigenvalue weighted by Gasteiger charge is -2.33. The van der Waals surface area contributed by atoms with Crippen LogP contribution in [0.3, 0.4) is 0 Å². The number of benzene rings is 1. The van der Waals surface area contributed by atoms with Gasteiger partial charge in [0.15, 0.2) is 11.5 Å². The molecule has 1 aromatic rings. The molecule has 1 aliphatic rings. The van der Waals surface area contributed by atoms with Crippen molar-refractivity contribution in [3.8, 4) is 11.5 Å². The van der Waals surface area contributed by atoms with E-state index in [0.29, 0.717) is 5.92 Å². The summed E-state index contributed by atoms with van der Waals surface area (Å²) in [6, 6.07) is 6.08. The van der Waals surface area contributed by atoms with Crippen molar-refractivity contribution in [3.63, 3.8) is 0 Å². The zero-order valence-electron chi connectivity index (χ0n) is 12.6. The van der Waals surface area contributed by atoms with Gasteiger partial charge in [0.25, 0.3) is 0 Å². The molecule has 1 atom stereocenters. The number of rotatable bonds is 5. The van der Waals surface area contributed by atoms with Gasteiger partial charge in [-0.15, -0.1) is 0 Å². The molecule has 0 bridgehead atoms. The van der Waals surface area contributed by atoms with Crippen molar-refractivity contribution in [2.75, 3.05) is 27.3 Å². The summed E-state index contributed by atoms with van der Waals surface area (Å²) in [7, 11) is 3.31. The van der Waals surface area contributed by atoms with Crippen molar-refractivity contribution in [2.24, 2.45) is 5.92 Å². The predicted molar refractivity (Wildman–Crippen MR) is 79.2 cm³/mol. The van der Waals surface area contributed by atoms with Gasteiger partial charge in [-0.1, -0.05) is 6.07 Å². The molecular formula is C16H25NO3. The molecule has 1 aliphatic heterocycles. The van der Waals surface area contributed by atoms with Crippen LogP contribution in [-0.4, -0.2) is 43.4 Å². The Bertz CT molecular complexity index is 426. The van der Waals surface area contributed by atoms with Crippen LogP contribution in [0.15, 0.2) is 18.2 Å². The Balaban J connectivity index is 1.94. The third kappa shape index (κ3) is 3.64. The van der Waals surface area contributed by atoms with Crippen molar-refractivity contribution in [2.45, 2.75) is 32.4 Å². The maximum atomic E-state index is 9.63. The Labute approximate surface area is 121 Å². The minimum atomic E-state index is -0.182. The van der Waals surface area contributed by atoms with Gasteiger partial charge in [-0.05, 0) is 56.5 Å². The normalized spacial score (nSPS) is 18.8. The third-order valence-electron chi connectivity index (χ3n) is 4.17. The fraction of sp³-hybridized carbons (Fsp3) is 0.625. The van der Waals surface area contributed by atoms with Crippen LogP contribution in [-0.2, 0) is 6.54 Å². The largest absolute Gasteiger partial charge is 0.493 e. The van der Waals surface area contributed by atoms with Crippen LogP contribution >= 0.6 is 0 Å². The number of piperidine rings is 1. The molecule has 1 heterocycles. The van der Waals surface area contributed by atoms with Crippen LogP contribution in [0, 0.1) is 5.92 Å². The maximum Gasteiger partial charge on any atom is 0.161 e. The smallest absolute Gasteiger partial charge is 0.161 e. The Kier molecular flexibility index (Phi) is 5.26. The van der Waals surface area contributed by atoms with Gasteiger partial charge in [-0.3, -0.25) is 4.90 Å². The van der Waals surface area contributed by atoms with Crippen LogP contribution in [0.25, 0.3) is 0 Å². The van der Waals surface area contributed by atoms with Gasteiger partial charge in [-0.25, -0.2) is 0 Å². The monoisotopic (exact) mass is 279 g/mol. The minimum Gasteiger partial charge on any atom is -0.493 e. The van der Waals surface area contributed by atoms with Crippen LogP contribution in [0.2, 0.25) is 0 Å². The standard InChI is InChI=1S/C16H25NO3/c1-12(18)14-6-8-17(9-7-14)11-13-4-5-15(19-2)16(10-13)20-3/h4-5,10,12,14,18H,6-9,11H2,1-3H3. The number of hydrogen-bond acceptors (Lipinski definition) is 4. The van der Waals surface area contributed by atoms with E-state index in [4.69, 9.17) is 9.47 Å². The van der Waals surface area contributed by atoms with Gasteiger partial charge in [0.2, 0.25) is 0 Å². The van der Waals surface area contributed by atoms with E-state index < -0.39 is 0 Å². The van der Waals surface area contributed by atoms with E-state index in [1.165, 1.54) is 5.56 Å². The van der Waals surface area contributed by atoms with Crippen molar-refractivity contribution in [1.82, 2.24) is 4.90 Å². The number of hydrogen-bond donors (Lipinski definition) is 1. The molecule has 1 aromatic carbocycles. The molecular weight excluding hydrogens is 254 g/mol. The molecule has 1 fully saturated rings. The van der Waals surface area contributed by atoms with Crippen molar-refractivity contribution >= 4 is 0 Å². The average molecular weight is 279 g/mol. The van der Waals surface area contributed by atoms with Gasteiger partial charge in [0.05, 0.1) is 20.3 Å². The fourth-order valence-electron chi connectivity index (χ4n) is 2.83. The first kappa shape index (κ1) is 15.1. The average Bonchev–Trinajstić information content (AvgIpc) is 2.47. The lowest BCUT2D eigenvalue weighted by Crippen LogP contribution is -2.36. The second-order valence-electron chi connectivity index (χ2n) is 5.54. The molecule has 1 unspecified atom stereocenters. The Morgan fingerprint density at radius 2 is 1.85 bits per heavy atom. The molecule has 0 aliphatic carbocycles. The molecule has 1 N–H and O–H groups in total. The lowest BCUT2D eigenvalue weighted by atomic mass is 9.92. The Hall–Kier alpha value is -1.26. The van der Waals surface area contributed by atoms with Gasteiger partial charge < -0.3 is 14.6 Å². The molecule has 0 spiro atoms. The molecule has 4 heteroatoms. The van der Waals surface area contributed by atoms with E-state index in [0.717, 1.165) is 44.0 Å². The third-order valence-corrected chi connectivity index (χ3v) is 4.17. The molecule has 1 saturated heterocycles. The Morgan fingerprint density at radius 3 is 2.40 bits per heavy atom. The summed E-state index contributed by atoms with van der Waals surface area (Å²) in [6.07, 6.45) is 1.97. The van der Waals surface area contributed by atoms with E-state index in [-0.39, 0.29) is 6.10 Å². The number of aliphatic hydroxyl groups excluding tert-OH is 1. The first-order chi connectivity index (χ1) is 9.63. The second-order valence-corrected chi connectivity index (χ2v) is 5.54. The van der Waals surface area contributed by atoms with Crippen LogP contribution in [0.5, 0.6) is 11.5 Å². The number of methoxy groups -OCH3 is 2. The number of ether oxygens (including phenoxy) is 2. The lowest BCUT2D eigenvalue weighted by molar-refractivity contribution is 0.0695. The molecule has 2 rings (SSSR count). The van der Waals surface area contributed by atoms with E-state index in [1.807, 2.05) is 19.1 Å². The molecule has 0 aromatic heterocycles. The van der Waals surface area contributed by atoms with Gasteiger partial charge >= 0.3 is 0 Å². The van der Waals surface area contributed by atoms with E-state index >= 15 is 0 Å². The predicted octanol–water partition coefficient (Wildman–Crippen LogP) is 2.30. The highest BCUT2D eigenvalue weighted by Crippen LogP contribution is 2.29. The van der Waals surface area contributed by atoms with Crippen LogP contribution < -0.4 is 9.47 Å². The molecule has 112 valence electrons. The zero-order chi connectivity index (χ0) is 14.5. The molecule has 0 saturated carbocycles. The van der Waals surface area contributed by atoms with E-state index in [1.54, 1.807) is 14.2 Å². The molecule has 0 amide bonds. The van der Waals surface area contributed by atoms with Crippen molar-refractivity contribution in [3.05, 3.63) is 23.8 Å². The SMILES string of the molecule is COc1ccc(CN2CCC(C(C)O)CC2)cc1OC. The highest BCUT2D eigenvalue weighted by molar-refractivity contribution is 5.42. The molecule has 20 heavy (non-hydrogen) atoms. The van der Waals surface area contributed by atoms with Crippen LogP contribution in [0.4, 0.5) is 0 Å². The fourth-order valence-corrected chi connectivity index (χ4v) is 2.83. The highest BCUT2D eigenvalue weighted by Gasteiger charge is 2.22. The summed E-state index contributed by atoms with van der Waals surface area (Å²) in [5.41, 5.74) is 1.23. The first-order valence-electron chi connectivity index (χ1n) is 7.25. The van der Waals surface area contributed by atoms with Gasteiger partial charge in [-0.2, -0.15) is 0 Å². The van der Waals surface area contributed by atoms with Crippen molar-refractivity contribution in [1.29, 1.82) is 0 Å². The molecule has 4 nitrogen and oxygen atoms in total. The van der Waals surface area contributed by atoms with Gasteiger partial charge in [0.1, 0.15) is 0 Å². The quantitative estimate of drug-likeness (QED) is 0.898. The summed E-state index contributed by atoms with van der Waals surface area (Å²) in [5, 5.41) is 9.63. The summed E-state index contributed by atoms with van der Waals surface area (Å²) in [6.45, 7) is 4.91. The number of likely N-dealkylation sites (tertiary alicyclic amines) is 1. The maximum absolute atomic E-state index is 9.63. The second kappa shape index (κ2) is 6.95. The zero-order valence-corrected chi connectivity index (χ0v) is 12.6. The summed E-state index contributed by atoms with van der Waals surface area (Å²) >= 11 is 0. The number of nitrogens with zero attached hydrogens (tertiary/aromatic N) is 1. The van der Waals surface area contributed by atoms with E-state index in [9.17, 15) is 5.11 Å². The van der Waals surface area contributed by atoms with Gasteiger partial charge in [0, 0.05) is 6.54 Å². The Morgan fingerprint density at radius 1 is 1.20 bits per heavy atom.